The van der Waals surface area contributed by atoms with E-state index >= 15 is 0 Å². The van der Waals surface area contributed by atoms with Gasteiger partial charge in [0.1, 0.15) is 0 Å². The van der Waals surface area contributed by atoms with Crippen molar-refractivity contribution >= 4 is 23.3 Å². The van der Waals surface area contributed by atoms with E-state index in [0.717, 1.165) is 43.1 Å². The van der Waals surface area contributed by atoms with E-state index in [1.807, 2.05) is 50.2 Å². The predicted molar refractivity (Wildman–Crippen MR) is 109 cm³/mol. The molecule has 0 spiro atoms. The van der Waals surface area contributed by atoms with Crippen molar-refractivity contribution in [3.63, 3.8) is 0 Å². The molecule has 1 N–H and O–H groups in total. The number of ether oxygens (including phenoxy) is 2. The van der Waals surface area contributed by atoms with Crippen LogP contribution in [0.25, 0.3) is 0 Å². The molecule has 148 valence electrons. The number of carbonyl (C=O) groups excluding carboxylic acids is 2. The van der Waals surface area contributed by atoms with Crippen LogP contribution in [0.5, 0.6) is 0 Å². The van der Waals surface area contributed by atoms with Gasteiger partial charge in [0, 0.05) is 24.5 Å². The van der Waals surface area contributed by atoms with Gasteiger partial charge in [0.25, 0.3) is 5.91 Å². The summed E-state index contributed by atoms with van der Waals surface area (Å²) in [6.07, 6.45) is -0.897. The third-order valence-electron chi connectivity index (χ3n) is 4.78. The molecule has 2 aromatic carbocycles. The fourth-order valence-corrected chi connectivity index (χ4v) is 3.05. The summed E-state index contributed by atoms with van der Waals surface area (Å²) in [5.74, 6) is -0.857. The summed E-state index contributed by atoms with van der Waals surface area (Å²) in [4.78, 5) is 27.0. The zero-order valence-electron chi connectivity index (χ0n) is 16.5. The molecule has 1 heterocycles. The first-order valence-electron chi connectivity index (χ1n) is 9.46. The van der Waals surface area contributed by atoms with Crippen LogP contribution in [-0.4, -0.2) is 44.3 Å². The lowest BCUT2D eigenvalue weighted by molar-refractivity contribution is -0.123. The maximum atomic E-state index is 12.4. The second-order valence-corrected chi connectivity index (χ2v) is 7.00. The Kier molecular flexibility index (Phi) is 6.31. The SMILES string of the molecule is Cc1ccc(C)c(C(=O)O[C@H](C)C(=O)Nc2ccc(N3CCOCC3)cc2)c1. The zero-order valence-corrected chi connectivity index (χ0v) is 16.5. The molecule has 0 bridgehead atoms. The smallest absolute Gasteiger partial charge is 0.339 e. The van der Waals surface area contributed by atoms with Gasteiger partial charge in [-0.3, -0.25) is 4.79 Å². The van der Waals surface area contributed by atoms with Gasteiger partial charge in [-0.2, -0.15) is 0 Å². The highest BCUT2D eigenvalue weighted by molar-refractivity contribution is 5.98. The van der Waals surface area contributed by atoms with Crippen LogP contribution in [0.3, 0.4) is 0 Å². The van der Waals surface area contributed by atoms with E-state index in [-0.39, 0.29) is 5.91 Å². The first kappa shape index (κ1) is 19.9. The van der Waals surface area contributed by atoms with Gasteiger partial charge in [-0.05, 0) is 56.7 Å². The van der Waals surface area contributed by atoms with Crippen molar-refractivity contribution in [2.45, 2.75) is 26.9 Å². The van der Waals surface area contributed by atoms with Crippen molar-refractivity contribution in [2.24, 2.45) is 0 Å². The number of morpholine rings is 1. The Bertz CT molecular complexity index is 842. The molecule has 28 heavy (non-hydrogen) atoms. The molecule has 0 aliphatic carbocycles. The molecule has 6 heteroatoms. The fourth-order valence-electron chi connectivity index (χ4n) is 3.05. The molecule has 1 aliphatic rings. The highest BCUT2D eigenvalue weighted by Gasteiger charge is 2.20. The number of benzene rings is 2. The molecule has 0 aromatic heterocycles. The van der Waals surface area contributed by atoms with Crippen molar-refractivity contribution in [1.29, 1.82) is 0 Å². The van der Waals surface area contributed by atoms with Gasteiger partial charge < -0.3 is 19.7 Å². The number of rotatable bonds is 5. The average molecular weight is 382 g/mol. The largest absolute Gasteiger partial charge is 0.449 e. The molecular weight excluding hydrogens is 356 g/mol. The molecule has 1 amide bonds. The van der Waals surface area contributed by atoms with Crippen LogP contribution >= 0.6 is 0 Å². The summed E-state index contributed by atoms with van der Waals surface area (Å²) >= 11 is 0. The minimum absolute atomic E-state index is 0.363. The summed E-state index contributed by atoms with van der Waals surface area (Å²) in [5.41, 5.74) is 4.03. The number of amides is 1. The highest BCUT2D eigenvalue weighted by Crippen LogP contribution is 2.19. The maximum absolute atomic E-state index is 12.4. The second-order valence-electron chi connectivity index (χ2n) is 7.00. The monoisotopic (exact) mass is 382 g/mol. The lowest BCUT2D eigenvalue weighted by atomic mass is 10.1. The van der Waals surface area contributed by atoms with Crippen molar-refractivity contribution in [3.05, 3.63) is 59.2 Å². The summed E-state index contributed by atoms with van der Waals surface area (Å²) in [6.45, 7) is 8.49. The lowest BCUT2D eigenvalue weighted by Gasteiger charge is -2.28. The minimum Gasteiger partial charge on any atom is -0.449 e. The number of nitrogens with one attached hydrogen (secondary N) is 1. The number of esters is 1. The van der Waals surface area contributed by atoms with Crippen LogP contribution in [-0.2, 0) is 14.3 Å². The summed E-state index contributed by atoms with van der Waals surface area (Å²) < 4.78 is 10.7. The molecule has 1 atom stereocenters. The topological polar surface area (TPSA) is 67.9 Å². The number of hydrogen-bond acceptors (Lipinski definition) is 5. The zero-order chi connectivity index (χ0) is 20.1. The van der Waals surface area contributed by atoms with Crippen LogP contribution in [0.2, 0.25) is 0 Å². The molecule has 1 saturated heterocycles. The van der Waals surface area contributed by atoms with Crippen molar-refractivity contribution in [1.82, 2.24) is 0 Å². The molecule has 0 saturated carbocycles. The van der Waals surface area contributed by atoms with Gasteiger partial charge in [-0.1, -0.05) is 17.7 Å². The van der Waals surface area contributed by atoms with E-state index in [0.29, 0.717) is 11.3 Å². The number of hydrogen-bond donors (Lipinski definition) is 1. The quantitative estimate of drug-likeness (QED) is 0.804. The van der Waals surface area contributed by atoms with Gasteiger partial charge in [-0.15, -0.1) is 0 Å². The van der Waals surface area contributed by atoms with E-state index in [2.05, 4.69) is 10.2 Å². The molecular formula is C22H26N2O4. The molecule has 0 radical (unpaired) electrons. The Morgan fingerprint density at radius 1 is 1.07 bits per heavy atom. The third-order valence-corrected chi connectivity index (χ3v) is 4.78. The highest BCUT2D eigenvalue weighted by atomic mass is 16.5. The molecule has 6 nitrogen and oxygen atoms in total. The molecule has 1 aliphatic heterocycles. The average Bonchev–Trinajstić information content (AvgIpc) is 2.71. The number of nitrogens with zero attached hydrogens (tertiary/aromatic N) is 1. The maximum Gasteiger partial charge on any atom is 0.339 e. The first-order chi connectivity index (χ1) is 13.4. The summed E-state index contributed by atoms with van der Waals surface area (Å²) in [5, 5.41) is 2.80. The molecule has 0 unspecified atom stereocenters. The van der Waals surface area contributed by atoms with Crippen LogP contribution in [0.15, 0.2) is 42.5 Å². The van der Waals surface area contributed by atoms with Gasteiger partial charge >= 0.3 is 5.97 Å². The minimum atomic E-state index is -0.897. The van der Waals surface area contributed by atoms with Gasteiger partial charge in [-0.25, -0.2) is 4.79 Å². The van der Waals surface area contributed by atoms with Crippen LogP contribution < -0.4 is 10.2 Å². The first-order valence-corrected chi connectivity index (χ1v) is 9.46. The Labute approximate surface area is 165 Å². The molecule has 2 aromatic rings. The van der Waals surface area contributed by atoms with E-state index in [1.165, 1.54) is 0 Å². The number of aryl methyl sites for hydroxylation is 2. The lowest BCUT2D eigenvalue weighted by Crippen LogP contribution is -2.36. The second kappa shape index (κ2) is 8.89. The summed E-state index contributed by atoms with van der Waals surface area (Å²) in [7, 11) is 0. The Morgan fingerprint density at radius 2 is 1.75 bits per heavy atom. The van der Waals surface area contributed by atoms with Gasteiger partial charge in [0.15, 0.2) is 6.10 Å². The van der Waals surface area contributed by atoms with E-state index in [4.69, 9.17) is 9.47 Å². The Morgan fingerprint density at radius 3 is 2.43 bits per heavy atom. The van der Waals surface area contributed by atoms with Gasteiger partial charge in [0.2, 0.25) is 0 Å². The normalized spacial score (nSPS) is 15.0. The summed E-state index contributed by atoms with van der Waals surface area (Å²) in [6, 6.07) is 13.2. The number of anilines is 2. The third kappa shape index (κ3) is 4.89. The van der Waals surface area contributed by atoms with Crippen LogP contribution in [0.4, 0.5) is 11.4 Å². The van der Waals surface area contributed by atoms with Gasteiger partial charge in [0.05, 0.1) is 18.8 Å². The standard InChI is InChI=1S/C22H26N2O4/c1-15-4-5-16(2)20(14-15)22(26)28-17(3)21(25)23-18-6-8-19(9-7-18)24-10-12-27-13-11-24/h4-9,14,17H,10-13H2,1-3H3,(H,23,25)/t17-/m1/s1. The van der Waals surface area contributed by atoms with Crippen molar-refractivity contribution in [3.8, 4) is 0 Å². The van der Waals surface area contributed by atoms with E-state index in [1.54, 1.807) is 13.0 Å². The molecule has 1 fully saturated rings. The predicted octanol–water partition coefficient (Wildman–Crippen LogP) is 3.32. The fraction of sp³-hybridized carbons (Fsp3) is 0.364. The van der Waals surface area contributed by atoms with E-state index < -0.39 is 12.1 Å². The Hall–Kier alpha value is -2.86. The van der Waals surface area contributed by atoms with Crippen LogP contribution in [0, 0.1) is 13.8 Å². The van der Waals surface area contributed by atoms with Crippen LogP contribution in [0.1, 0.15) is 28.4 Å². The van der Waals surface area contributed by atoms with E-state index in [9.17, 15) is 9.59 Å². The van der Waals surface area contributed by atoms with Crippen molar-refractivity contribution < 1.29 is 19.1 Å². The van der Waals surface area contributed by atoms with Crippen molar-refractivity contribution in [2.75, 3.05) is 36.5 Å². The Balaban J connectivity index is 1.57. The number of carbonyl (C=O) groups is 2. The molecule has 3 rings (SSSR count).